The van der Waals surface area contributed by atoms with Crippen molar-refractivity contribution < 1.29 is 9.21 Å². The van der Waals surface area contributed by atoms with Crippen molar-refractivity contribution in [3.05, 3.63) is 59.8 Å². The summed E-state index contributed by atoms with van der Waals surface area (Å²) in [5, 5.41) is 3.05. The summed E-state index contributed by atoms with van der Waals surface area (Å²) in [7, 11) is 3.99. The van der Waals surface area contributed by atoms with Gasteiger partial charge in [0, 0.05) is 44.0 Å². The maximum Gasteiger partial charge on any atom is 0.273 e. The summed E-state index contributed by atoms with van der Waals surface area (Å²) < 4.78 is 6.25. The summed E-state index contributed by atoms with van der Waals surface area (Å²) >= 11 is 0. The Hall–Kier alpha value is -3.12. The van der Waals surface area contributed by atoms with Crippen LogP contribution in [0, 0.1) is 0 Å². The van der Waals surface area contributed by atoms with Crippen molar-refractivity contribution in [2.24, 2.45) is 0 Å². The third-order valence-electron chi connectivity index (χ3n) is 6.38. The fraction of sp³-hybridized carbons (Fsp3) is 0.429. The SMILES string of the molecule is CN(C)c1cccc(-c2oc(-c3ccc(C(C)(C)C)cc3)nc2C(=O)NCCN2CCCC2)c1. The molecule has 2 aromatic carbocycles. The summed E-state index contributed by atoms with van der Waals surface area (Å²) in [6.07, 6.45) is 2.47. The number of likely N-dealkylation sites (tertiary alicyclic amines) is 1. The number of oxazole rings is 1. The van der Waals surface area contributed by atoms with E-state index in [-0.39, 0.29) is 11.3 Å². The van der Waals surface area contributed by atoms with Crippen LogP contribution < -0.4 is 10.2 Å². The van der Waals surface area contributed by atoms with E-state index < -0.39 is 0 Å². The molecule has 1 saturated heterocycles. The first kappa shape index (κ1) is 24.0. The van der Waals surface area contributed by atoms with Gasteiger partial charge < -0.3 is 19.5 Å². The second kappa shape index (κ2) is 10.0. The van der Waals surface area contributed by atoms with E-state index in [1.54, 1.807) is 0 Å². The summed E-state index contributed by atoms with van der Waals surface area (Å²) in [5.74, 6) is 0.749. The third-order valence-corrected chi connectivity index (χ3v) is 6.38. The number of benzene rings is 2. The lowest BCUT2D eigenvalue weighted by atomic mass is 9.87. The van der Waals surface area contributed by atoms with E-state index in [2.05, 4.69) is 48.1 Å². The van der Waals surface area contributed by atoms with Gasteiger partial charge in [-0.3, -0.25) is 4.79 Å². The second-order valence-electron chi connectivity index (χ2n) is 10.3. The standard InChI is InChI=1S/C28H36N4O2/c1-28(2,3)22-13-11-20(12-14-22)27-30-24(26(33)29-15-18-32-16-6-7-17-32)25(34-27)21-9-8-10-23(19-21)31(4)5/h8-14,19H,6-7,15-18H2,1-5H3,(H,29,33). The average Bonchev–Trinajstić information content (AvgIpc) is 3.49. The smallest absolute Gasteiger partial charge is 0.273 e. The van der Waals surface area contributed by atoms with Crippen molar-refractivity contribution in [3.8, 4) is 22.8 Å². The van der Waals surface area contributed by atoms with Gasteiger partial charge in [-0.2, -0.15) is 0 Å². The predicted molar refractivity (Wildman–Crippen MR) is 138 cm³/mol. The number of amides is 1. The Morgan fingerprint density at radius 3 is 2.41 bits per heavy atom. The normalized spacial score (nSPS) is 14.4. The Bertz CT molecular complexity index is 1120. The monoisotopic (exact) mass is 460 g/mol. The molecule has 6 heteroatoms. The molecule has 6 nitrogen and oxygen atoms in total. The third kappa shape index (κ3) is 5.50. The molecule has 1 fully saturated rings. The van der Waals surface area contributed by atoms with E-state index in [1.807, 2.05) is 55.4 Å². The maximum absolute atomic E-state index is 13.2. The molecule has 0 unspecified atom stereocenters. The Morgan fingerprint density at radius 1 is 1.06 bits per heavy atom. The number of carbonyl (C=O) groups is 1. The van der Waals surface area contributed by atoms with Gasteiger partial charge in [0.25, 0.3) is 5.91 Å². The van der Waals surface area contributed by atoms with E-state index in [9.17, 15) is 4.79 Å². The number of nitrogens with one attached hydrogen (secondary N) is 1. The van der Waals surface area contributed by atoms with Crippen LogP contribution in [0.3, 0.4) is 0 Å². The van der Waals surface area contributed by atoms with Crippen molar-refractivity contribution >= 4 is 11.6 Å². The van der Waals surface area contributed by atoms with Crippen LogP contribution in [0.25, 0.3) is 22.8 Å². The first-order chi connectivity index (χ1) is 16.2. The van der Waals surface area contributed by atoms with Gasteiger partial charge in [0.1, 0.15) is 0 Å². The van der Waals surface area contributed by atoms with Gasteiger partial charge in [-0.25, -0.2) is 4.98 Å². The summed E-state index contributed by atoms with van der Waals surface area (Å²) in [6.45, 7) is 10.2. The van der Waals surface area contributed by atoms with Crippen LogP contribution in [0.2, 0.25) is 0 Å². The molecule has 1 aromatic heterocycles. The average molecular weight is 461 g/mol. The largest absolute Gasteiger partial charge is 0.435 e. The fourth-order valence-corrected chi connectivity index (χ4v) is 4.25. The number of anilines is 1. The van der Waals surface area contributed by atoms with Crippen molar-refractivity contribution in [2.45, 2.75) is 39.0 Å². The van der Waals surface area contributed by atoms with Crippen molar-refractivity contribution in [1.82, 2.24) is 15.2 Å². The molecule has 1 aliphatic heterocycles. The van der Waals surface area contributed by atoms with Crippen LogP contribution in [-0.2, 0) is 5.41 Å². The second-order valence-corrected chi connectivity index (χ2v) is 10.3. The number of nitrogens with zero attached hydrogens (tertiary/aromatic N) is 3. The van der Waals surface area contributed by atoms with E-state index >= 15 is 0 Å². The molecule has 0 aliphatic carbocycles. The first-order valence-corrected chi connectivity index (χ1v) is 12.1. The molecule has 2 heterocycles. The molecule has 4 rings (SSSR count). The van der Waals surface area contributed by atoms with Gasteiger partial charge in [-0.15, -0.1) is 0 Å². The highest BCUT2D eigenvalue weighted by Gasteiger charge is 2.23. The molecule has 0 atom stereocenters. The molecule has 3 aromatic rings. The molecular formula is C28H36N4O2. The minimum absolute atomic E-state index is 0.0628. The molecule has 180 valence electrons. The topological polar surface area (TPSA) is 61.6 Å². The van der Waals surface area contributed by atoms with Crippen LogP contribution in [0.5, 0.6) is 0 Å². The lowest BCUT2D eigenvalue weighted by Crippen LogP contribution is -2.33. The molecule has 0 bridgehead atoms. The molecule has 0 radical (unpaired) electrons. The van der Waals surface area contributed by atoms with E-state index in [1.165, 1.54) is 18.4 Å². The van der Waals surface area contributed by atoms with Gasteiger partial charge in [0.05, 0.1) is 0 Å². The summed E-state index contributed by atoms with van der Waals surface area (Å²) in [4.78, 5) is 22.3. The van der Waals surface area contributed by atoms with Crippen LogP contribution >= 0.6 is 0 Å². The minimum atomic E-state index is -0.203. The van der Waals surface area contributed by atoms with E-state index in [0.717, 1.165) is 36.4 Å². The predicted octanol–water partition coefficient (Wildman–Crippen LogP) is 5.20. The fourth-order valence-electron chi connectivity index (χ4n) is 4.25. The molecular weight excluding hydrogens is 424 g/mol. The molecule has 34 heavy (non-hydrogen) atoms. The molecule has 1 amide bonds. The number of hydrogen-bond acceptors (Lipinski definition) is 5. The highest BCUT2D eigenvalue weighted by Crippen LogP contribution is 2.33. The van der Waals surface area contributed by atoms with Crippen molar-refractivity contribution in [2.75, 3.05) is 45.2 Å². The quantitative estimate of drug-likeness (QED) is 0.525. The lowest BCUT2D eigenvalue weighted by Gasteiger charge is -2.18. The summed E-state index contributed by atoms with van der Waals surface area (Å²) in [5.41, 5.74) is 4.35. The zero-order chi connectivity index (χ0) is 24.3. The number of carbonyl (C=O) groups excluding carboxylic acids is 1. The molecule has 1 aliphatic rings. The van der Waals surface area contributed by atoms with Crippen LogP contribution in [-0.4, -0.2) is 56.1 Å². The van der Waals surface area contributed by atoms with Crippen molar-refractivity contribution in [3.63, 3.8) is 0 Å². The number of hydrogen-bond donors (Lipinski definition) is 1. The van der Waals surface area contributed by atoms with Crippen LogP contribution in [0.1, 0.15) is 49.7 Å². The number of rotatable bonds is 7. The Labute approximate surface area is 203 Å². The maximum atomic E-state index is 13.2. The number of aromatic nitrogens is 1. The minimum Gasteiger partial charge on any atom is -0.435 e. The Balaban J connectivity index is 1.64. The summed E-state index contributed by atoms with van der Waals surface area (Å²) in [6, 6.07) is 16.2. The van der Waals surface area contributed by atoms with Crippen molar-refractivity contribution in [1.29, 1.82) is 0 Å². The molecule has 0 saturated carbocycles. The zero-order valence-electron chi connectivity index (χ0n) is 21.0. The first-order valence-electron chi connectivity index (χ1n) is 12.1. The highest BCUT2D eigenvalue weighted by molar-refractivity contribution is 5.98. The van der Waals surface area contributed by atoms with Gasteiger partial charge in [-0.05, 0) is 61.2 Å². The highest BCUT2D eigenvalue weighted by atomic mass is 16.4. The zero-order valence-corrected chi connectivity index (χ0v) is 21.0. The Morgan fingerprint density at radius 2 is 1.76 bits per heavy atom. The van der Waals surface area contributed by atoms with Crippen LogP contribution in [0.4, 0.5) is 5.69 Å². The van der Waals surface area contributed by atoms with Gasteiger partial charge in [0.2, 0.25) is 5.89 Å². The Kier molecular flexibility index (Phi) is 7.08. The lowest BCUT2D eigenvalue weighted by molar-refractivity contribution is 0.0945. The van der Waals surface area contributed by atoms with E-state index in [0.29, 0.717) is 23.9 Å². The van der Waals surface area contributed by atoms with Crippen LogP contribution in [0.15, 0.2) is 52.9 Å². The molecule has 1 N–H and O–H groups in total. The van der Waals surface area contributed by atoms with E-state index in [4.69, 9.17) is 4.42 Å². The van der Waals surface area contributed by atoms with Gasteiger partial charge in [-0.1, -0.05) is 45.0 Å². The molecule has 0 spiro atoms. The van der Waals surface area contributed by atoms with Gasteiger partial charge >= 0.3 is 0 Å². The van der Waals surface area contributed by atoms with Gasteiger partial charge in [0.15, 0.2) is 11.5 Å².